The molecule has 0 saturated heterocycles. The van der Waals surface area contributed by atoms with Crippen LogP contribution in [0.2, 0.25) is 0 Å². The van der Waals surface area contributed by atoms with E-state index in [0.717, 1.165) is 25.2 Å². The van der Waals surface area contributed by atoms with Gasteiger partial charge in [-0.1, -0.05) is 44.2 Å². The van der Waals surface area contributed by atoms with E-state index in [4.69, 9.17) is 0 Å². The fourth-order valence-corrected chi connectivity index (χ4v) is 2.21. The molecule has 0 bridgehead atoms. The average Bonchev–Trinajstić information content (AvgIpc) is 2.93. The molecular formula is C16H24N4. The van der Waals surface area contributed by atoms with Crippen LogP contribution in [0, 0.1) is 5.92 Å². The zero-order valence-corrected chi connectivity index (χ0v) is 12.6. The highest BCUT2D eigenvalue weighted by Crippen LogP contribution is 2.20. The molecule has 1 unspecified atom stereocenters. The van der Waals surface area contributed by atoms with Crippen LogP contribution in [0.3, 0.4) is 0 Å². The molecule has 1 aromatic heterocycles. The Bertz CT molecular complexity index is 504. The summed E-state index contributed by atoms with van der Waals surface area (Å²) in [7, 11) is 0. The molecule has 2 rings (SSSR count). The molecule has 0 aliphatic rings. The first kappa shape index (κ1) is 14.7. The van der Waals surface area contributed by atoms with Crippen molar-refractivity contribution >= 4 is 0 Å². The summed E-state index contributed by atoms with van der Waals surface area (Å²) >= 11 is 0. The highest BCUT2D eigenvalue weighted by atomic mass is 15.4. The van der Waals surface area contributed by atoms with Gasteiger partial charge in [-0.15, -0.1) is 5.10 Å². The fraction of sp³-hybridized carbons (Fsp3) is 0.500. The third kappa shape index (κ3) is 3.90. The smallest absolute Gasteiger partial charge is 0.0732 e. The number of nitrogens with one attached hydrogen (secondary N) is 1. The van der Waals surface area contributed by atoms with Gasteiger partial charge in [0.2, 0.25) is 0 Å². The van der Waals surface area contributed by atoms with E-state index in [-0.39, 0.29) is 0 Å². The molecule has 4 nitrogen and oxygen atoms in total. The maximum absolute atomic E-state index is 4.21. The number of rotatable bonds is 7. The summed E-state index contributed by atoms with van der Waals surface area (Å²) in [6.07, 6.45) is 2.97. The second kappa shape index (κ2) is 7.20. The van der Waals surface area contributed by atoms with Gasteiger partial charge in [0.05, 0.1) is 17.6 Å². The minimum Gasteiger partial charge on any atom is -0.316 e. The molecule has 1 N–H and O–H groups in total. The lowest BCUT2D eigenvalue weighted by Gasteiger charge is -2.14. The Kier molecular flexibility index (Phi) is 5.30. The first-order valence-electron chi connectivity index (χ1n) is 7.35. The molecule has 0 aliphatic heterocycles. The van der Waals surface area contributed by atoms with Crippen molar-refractivity contribution in [2.75, 3.05) is 13.1 Å². The lowest BCUT2D eigenvalue weighted by Crippen LogP contribution is -2.22. The lowest BCUT2D eigenvalue weighted by atomic mass is 10.0. The van der Waals surface area contributed by atoms with E-state index in [9.17, 15) is 0 Å². The summed E-state index contributed by atoms with van der Waals surface area (Å²) in [4.78, 5) is 0. The second-order valence-electron chi connectivity index (χ2n) is 5.69. The van der Waals surface area contributed by atoms with Crippen LogP contribution in [0.25, 0.3) is 5.69 Å². The summed E-state index contributed by atoms with van der Waals surface area (Å²) < 4.78 is 1.94. The van der Waals surface area contributed by atoms with Gasteiger partial charge in [-0.3, -0.25) is 0 Å². The molecule has 1 atom stereocenters. The Labute approximate surface area is 121 Å². The molecule has 0 amide bonds. The van der Waals surface area contributed by atoms with Crippen molar-refractivity contribution in [2.24, 2.45) is 5.92 Å². The fourth-order valence-electron chi connectivity index (χ4n) is 2.21. The van der Waals surface area contributed by atoms with Crippen LogP contribution in [-0.4, -0.2) is 28.1 Å². The Balaban J connectivity index is 1.97. The van der Waals surface area contributed by atoms with Gasteiger partial charge >= 0.3 is 0 Å². The molecule has 0 spiro atoms. The molecule has 1 aromatic carbocycles. The number of benzene rings is 1. The van der Waals surface area contributed by atoms with Gasteiger partial charge in [0.1, 0.15) is 0 Å². The highest BCUT2D eigenvalue weighted by molar-refractivity contribution is 5.32. The Morgan fingerprint density at radius 1 is 1.15 bits per heavy atom. The normalized spacial score (nSPS) is 12.8. The molecular weight excluding hydrogens is 248 g/mol. The SMILES string of the molecule is CC(C)CNCCC(C)c1cnnn1-c1ccccc1. The van der Waals surface area contributed by atoms with Crippen molar-refractivity contribution in [2.45, 2.75) is 33.1 Å². The minimum atomic E-state index is 0.435. The molecule has 0 fully saturated rings. The second-order valence-corrected chi connectivity index (χ2v) is 5.69. The van der Waals surface area contributed by atoms with Crippen LogP contribution < -0.4 is 5.32 Å². The van der Waals surface area contributed by atoms with E-state index in [2.05, 4.69) is 48.5 Å². The Hall–Kier alpha value is -1.68. The first-order chi connectivity index (χ1) is 9.68. The largest absolute Gasteiger partial charge is 0.316 e. The molecule has 108 valence electrons. The van der Waals surface area contributed by atoms with Crippen molar-refractivity contribution < 1.29 is 0 Å². The van der Waals surface area contributed by atoms with Crippen molar-refractivity contribution in [1.29, 1.82) is 0 Å². The summed E-state index contributed by atoms with van der Waals surface area (Å²) in [6, 6.07) is 10.2. The molecule has 0 saturated carbocycles. The Morgan fingerprint density at radius 3 is 2.60 bits per heavy atom. The molecule has 2 aromatic rings. The van der Waals surface area contributed by atoms with Gasteiger partial charge in [0.15, 0.2) is 0 Å². The van der Waals surface area contributed by atoms with Crippen molar-refractivity contribution in [1.82, 2.24) is 20.3 Å². The molecule has 20 heavy (non-hydrogen) atoms. The van der Waals surface area contributed by atoms with Gasteiger partial charge in [-0.25, -0.2) is 4.68 Å². The van der Waals surface area contributed by atoms with Crippen LogP contribution in [0.4, 0.5) is 0 Å². The minimum absolute atomic E-state index is 0.435. The van der Waals surface area contributed by atoms with Crippen molar-refractivity contribution in [3.8, 4) is 5.69 Å². The maximum atomic E-state index is 4.21. The zero-order chi connectivity index (χ0) is 14.4. The molecule has 4 heteroatoms. The zero-order valence-electron chi connectivity index (χ0n) is 12.6. The molecule has 0 aliphatic carbocycles. The summed E-state index contributed by atoms with van der Waals surface area (Å²) in [6.45, 7) is 8.78. The van der Waals surface area contributed by atoms with Crippen LogP contribution in [0.15, 0.2) is 36.5 Å². The van der Waals surface area contributed by atoms with E-state index in [1.165, 1.54) is 5.69 Å². The lowest BCUT2D eigenvalue weighted by molar-refractivity contribution is 0.517. The number of aromatic nitrogens is 3. The monoisotopic (exact) mass is 272 g/mol. The van der Waals surface area contributed by atoms with Crippen LogP contribution >= 0.6 is 0 Å². The molecule has 1 heterocycles. The molecule has 0 radical (unpaired) electrons. The van der Waals surface area contributed by atoms with E-state index >= 15 is 0 Å². The highest BCUT2D eigenvalue weighted by Gasteiger charge is 2.13. The Morgan fingerprint density at radius 2 is 1.90 bits per heavy atom. The van der Waals surface area contributed by atoms with Crippen molar-refractivity contribution in [3.05, 3.63) is 42.2 Å². The van der Waals surface area contributed by atoms with E-state index < -0.39 is 0 Å². The van der Waals surface area contributed by atoms with E-state index in [1.807, 2.05) is 29.1 Å². The topological polar surface area (TPSA) is 42.7 Å². The van der Waals surface area contributed by atoms with Crippen LogP contribution in [0.1, 0.15) is 38.8 Å². The van der Waals surface area contributed by atoms with E-state index in [1.54, 1.807) is 0 Å². The summed E-state index contributed by atoms with van der Waals surface area (Å²) in [5.74, 6) is 1.13. The van der Waals surface area contributed by atoms with Gasteiger partial charge < -0.3 is 5.32 Å². The predicted octanol–water partition coefficient (Wildman–Crippen LogP) is 3.01. The van der Waals surface area contributed by atoms with Crippen LogP contribution in [0.5, 0.6) is 0 Å². The summed E-state index contributed by atoms with van der Waals surface area (Å²) in [5, 5.41) is 11.8. The van der Waals surface area contributed by atoms with Gasteiger partial charge in [-0.2, -0.15) is 0 Å². The first-order valence-corrected chi connectivity index (χ1v) is 7.35. The standard InChI is InChI=1S/C16H24N4/c1-13(2)11-17-10-9-14(3)16-12-18-19-20(16)15-7-5-4-6-8-15/h4-8,12-14,17H,9-11H2,1-3H3. The maximum Gasteiger partial charge on any atom is 0.0732 e. The third-order valence-electron chi connectivity index (χ3n) is 3.39. The number of hydrogen-bond donors (Lipinski definition) is 1. The average molecular weight is 272 g/mol. The van der Waals surface area contributed by atoms with Gasteiger partial charge in [-0.05, 0) is 37.6 Å². The quantitative estimate of drug-likeness (QED) is 0.788. The summed E-state index contributed by atoms with van der Waals surface area (Å²) in [5.41, 5.74) is 2.24. The van der Waals surface area contributed by atoms with Gasteiger partial charge in [0.25, 0.3) is 0 Å². The van der Waals surface area contributed by atoms with Crippen molar-refractivity contribution in [3.63, 3.8) is 0 Å². The van der Waals surface area contributed by atoms with E-state index in [0.29, 0.717) is 11.8 Å². The van der Waals surface area contributed by atoms with Crippen LogP contribution in [-0.2, 0) is 0 Å². The number of nitrogens with zero attached hydrogens (tertiary/aromatic N) is 3. The predicted molar refractivity (Wildman–Crippen MR) is 82.1 cm³/mol. The number of hydrogen-bond acceptors (Lipinski definition) is 3. The van der Waals surface area contributed by atoms with Gasteiger partial charge in [0, 0.05) is 5.92 Å². The third-order valence-corrected chi connectivity index (χ3v) is 3.39. The number of para-hydroxylation sites is 1.